The van der Waals surface area contributed by atoms with Crippen molar-refractivity contribution < 1.29 is 14.7 Å². The Morgan fingerprint density at radius 3 is 2.27 bits per heavy atom. The van der Waals surface area contributed by atoms with Crippen LogP contribution >= 0.6 is 0 Å². The molecule has 0 saturated carbocycles. The fourth-order valence-electron chi connectivity index (χ4n) is 2.36. The van der Waals surface area contributed by atoms with E-state index in [1.807, 2.05) is 19.1 Å². The third-order valence-corrected chi connectivity index (χ3v) is 3.87. The Bertz CT molecular complexity index is 775. The molecule has 1 unspecified atom stereocenters. The molecular weight excluding hydrogens is 286 g/mol. The van der Waals surface area contributed by atoms with Crippen molar-refractivity contribution >= 4 is 22.9 Å². The quantitative estimate of drug-likeness (QED) is 0.883. The molecule has 1 atom stereocenters. The second-order valence-electron chi connectivity index (χ2n) is 5.12. The fraction of sp³-hybridized carbons (Fsp3) is 0.400. The van der Waals surface area contributed by atoms with Crippen molar-refractivity contribution in [3.8, 4) is 0 Å². The van der Waals surface area contributed by atoms with Crippen LogP contribution in [0.1, 0.15) is 13.8 Å². The Hall–Kier alpha value is -2.57. The van der Waals surface area contributed by atoms with Gasteiger partial charge in [0.05, 0.1) is 11.0 Å². The fourth-order valence-corrected chi connectivity index (χ4v) is 2.36. The van der Waals surface area contributed by atoms with E-state index < -0.39 is 17.9 Å². The number of aromatic nitrogens is 2. The standard InChI is InChI=1S/C15H19N3O4/c1-4-17-11-7-5-6-8-12(11)18(15(17)22)9-13(19)16(3)10(2)14(20)21/h5-8,10H,4,9H2,1-3H3,(H,20,21). The summed E-state index contributed by atoms with van der Waals surface area (Å²) < 4.78 is 2.97. The number of rotatable bonds is 5. The maximum Gasteiger partial charge on any atom is 0.329 e. The number of carboxylic acids is 1. The van der Waals surface area contributed by atoms with Crippen molar-refractivity contribution in [1.82, 2.24) is 14.0 Å². The Labute approximate surface area is 127 Å². The number of carbonyl (C=O) groups excluding carboxylic acids is 1. The van der Waals surface area contributed by atoms with Gasteiger partial charge in [0.2, 0.25) is 5.91 Å². The summed E-state index contributed by atoms with van der Waals surface area (Å²) in [5.74, 6) is -1.50. The van der Waals surface area contributed by atoms with Crippen molar-refractivity contribution in [3.05, 3.63) is 34.7 Å². The first-order valence-corrected chi connectivity index (χ1v) is 7.05. The second kappa shape index (κ2) is 6.05. The van der Waals surface area contributed by atoms with Crippen LogP contribution in [0.5, 0.6) is 0 Å². The molecule has 1 amide bonds. The lowest BCUT2D eigenvalue weighted by Gasteiger charge is -2.21. The molecular formula is C15H19N3O4. The van der Waals surface area contributed by atoms with Gasteiger partial charge in [-0.05, 0) is 26.0 Å². The van der Waals surface area contributed by atoms with Crippen molar-refractivity contribution in [2.24, 2.45) is 0 Å². The van der Waals surface area contributed by atoms with Crippen molar-refractivity contribution in [2.45, 2.75) is 33.0 Å². The van der Waals surface area contributed by atoms with E-state index in [9.17, 15) is 14.4 Å². The lowest BCUT2D eigenvalue weighted by molar-refractivity contribution is -0.148. The summed E-state index contributed by atoms with van der Waals surface area (Å²) in [6.45, 7) is 3.61. The number of aryl methyl sites for hydroxylation is 1. The summed E-state index contributed by atoms with van der Waals surface area (Å²) >= 11 is 0. The van der Waals surface area contributed by atoms with Gasteiger partial charge in [0.25, 0.3) is 0 Å². The van der Waals surface area contributed by atoms with Crippen LogP contribution in [0.15, 0.2) is 29.1 Å². The van der Waals surface area contributed by atoms with Gasteiger partial charge in [-0.15, -0.1) is 0 Å². The normalized spacial score (nSPS) is 12.3. The van der Waals surface area contributed by atoms with Crippen LogP contribution in [0.4, 0.5) is 0 Å². The highest BCUT2D eigenvalue weighted by Crippen LogP contribution is 2.13. The van der Waals surface area contributed by atoms with E-state index in [1.54, 1.807) is 16.7 Å². The number of imidazole rings is 1. The molecule has 0 bridgehead atoms. The van der Waals surface area contributed by atoms with Crippen molar-refractivity contribution in [3.63, 3.8) is 0 Å². The second-order valence-corrected chi connectivity index (χ2v) is 5.12. The number of hydrogen-bond acceptors (Lipinski definition) is 3. The van der Waals surface area contributed by atoms with Crippen molar-refractivity contribution in [2.75, 3.05) is 7.05 Å². The molecule has 7 nitrogen and oxygen atoms in total. The summed E-state index contributed by atoms with van der Waals surface area (Å²) in [7, 11) is 1.42. The zero-order chi connectivity index (χ0) is 16.4. The zero-order valence-electron chi connectivity index (χ0n) is 12.8. The monoisotopic (exact) mass is 305 g/mol. The van der Waals surface area contributed by atoms with E-state index in [0.717, 1.165) is 10.4 Å². The highest BCUT2D eigenvalue weighted by molar-refractivity contribution is 5.84. The third kappa shape index (κ3) is 2.61. The van der Waals surface area contributed by atoms with Gasteiger partial charge in [0.15, 0.2) is 0 Å². The minimum Gasteiger partial charge on any atom is -0.480 e. The predicted octanol–water partition coefficient (Wildman–Crippen LogP) is 0.754. The van der Waals surface area contributed by atoms with Crippen LogP contribution in [0, 0.1) is 0 Å². The summed E-state index contributed by atoms with van der Waals surface area (Å²) in [5, 5.41) is 8.97. The van der Waals surface area contributed by atoms with Gasteiger partial charge >= 0.3 is 11.7 Å². The molecule has 2 rings (SSSR count). The van der Waals surface area contributed by atoms with Gasteiger partial charge in [-0.2, -0.15) is 0 Å². The molecule has 1 aromatic heterocycles. The van der Waals surface area contributed by atoms with E-state index in [4.69, 9.17) is 5.11 Å². The maximum absolute atomic E-state index is 12.4. The number of likely N-dealkylation sites (N-methyl/N-ethyl adjacent to an activating group) is 1. The van der Waals surface area contributed by atoms with Gasteiger partial charge in [0.1, 0.15) is 12.6 Å². The number of fused-ring (bicyclic) bond motifs is 1. The smallest absolute Gasteiger partial charge is 0.329 e. The van der Waals surface area contributed by atoms with Crippen LogP contribution in [0.25, 0.3) is 11.0 Å². The van der Waals surface area contributed by atoms with E-state index in [2.05, 4.69) is 0 Å². The first-order valence-electron chi connectivity index (χ1n) is 7.05. The van der Waals surface area contributed by atoms with E-state index in [1.165, 1.54) is 18.5 Å². The average molecular weight is 305 g/mol. The van der Waals surface area contributed by atoms with Gasteiger partial charge < -0.3 is 10.0 Å². The highest BCUT2D eigenvalue weighted by atomic mass is 16.4. The number of carbonyl (C=O) groups is 2. The van der Waals surface area contributed by atoms with E-state index >= 15 is 0 Å². The largest absolute Gasteiger partial charge is 0.480 e. The molecule has 0 fully saturated rings. The number of carboxylic acid groups (broad SMARTS) is 1. The molecule has 7 heteroatoms. The number of nitrogens with zero attached hydrogens (tertiary/aromatic N) is 3. The molecule has 1 N–H and O–H groups in total. The molecule has 2 aromatic rings. The number of hydrogen-bond donors (Lipinski definition) is 1. The zero-order valence-corrected chi connectivity index (χ0v) is 12.8. The van der Waals surface area contributed by atoms with Gasteiger partial charge in [-0.1, -0.05) is 12.1 Å². The van der Waals surface area contributed by atoms with Crippen LogP contribution in [0.2, 0.25) is 0 Å². The van der Waals surface area contributed by atoms with Crippen molar-refractivity contribution in [1.29, 1.82) is 0 Å². The Kier molecular flexibility index (Phi) is 4.35. The topological polar surface area (TPSA) is 84.5 Å². The van der Waals surface area contributed by atoms with Gasteiger partial charge in [-0.25, -0.2) is 9.59 Å². The Balaban J connectivity index is 2.40. The number of amides is 1. The Morgan fingerprint density at radius 1 is 1.23 bits per heavy atom. The lowest BCUT2D eigenvalue weighted by Crippen LogP contribution is -2.43. The number of benzene rings is 1. The Morgan fingerprint density at radius 2 is 1.77 bits per heavy atom. The van der Waals surface area contributed by atoms with E-state index in [0.29, 0.717) is 12.1 Å². The van der Waals surface area contributed by atoms with Crippen LogP contribution < -0.4 is 5.69 Å². The molecule has 0 radical (unpaired) electrons. The minimum atomic E-state index is -1.08. The van der Waals surface area contributed by atoms with Gasteiger partial charge in [0, 0.05) is 13.6 Å². The summed E-state index contributed by atoms with van der Waals surface area (Å²) in [5.41, 5.74) is 1.16. The highest BCUT2D eigenvalue weighted by Gasteiger charge is 2.23. The minimum absolute atomic E-state index is 0.180. The van der Waals surface area contributed by atoms with Gasteiger partial charge in [-0.3, -0.25) is 13.9 Å². The van der Waals surface area contributed by atoms with Crippen LogP contribution in [-0.2, 0) is 22.7 Å². The molecule has 0 aliphatic heterocycles. The molecule has 0 saturated heterocycles. The summed E-state index contributed by atoms with van der Waals surface area (Å²) in [4.78, 5) is 36.8. The van der Waals surface area contributed by atoms with Crippen LogP contribution in [-0.4, -0.2) is 44.1 Å². The SMILES string of the molecule is CCn1c(=O)n(CC(=O)N(C)C(C)C(=O)O)c2ccccc21. The molecule has 1 heterocycles. The molecule has 0 aliphatic carbocycles. The predicted molar refractivity (Wildman–Crippen MR) is 81.7 cm³/mol. The molecule has 1 aromatic carbocycles. The van der Waals surface area contributed by atoms with E-state index in [-0.39, 0.29) is 12.2 Å². The molecule has 0 aliphatic rings. The summed E-state index contributed by atoms with van der Waals surface area (Å²) in [6.07, 6.45) is 0. The first kappa shape index (κ1) is 15.8. The maximum atomic E-state index is 12.4. The first-order chi connectivity index (χ1) is 10.4. The molecule has 118 valence electrons. The number of aliphatic carboxylic acids is 1. The summed E-state index contributed by atoms with van der Waals surface area (Å²) in [6, 6.07) is 6.29. The third-order valence-electron chi connectivity index (χ3n) is 3.87. The molecule has 0 spiro atoms. The average Bonchev–Trinajstić information content (AvgIpc) is 2.77. The lowest BCUT2D eigenvalue weighted by atomic mass is 10.3. The molecule has 22 heavy (non-hydrogen) atoms. The number of para-hydroxylation sites is 2. The van der Waals surface area contributed by atoms with Crippen LogP contribution in [0.3, 0.4) is 0 Å².